The van der Waals surface area contributed by atoms with Crippen molar-refractivity contribution in [3.8, 4) is 6.07 Å². The number of ether oxygens (including phenoxy) is 1. The minimum Gasteiger partial charge on any atom is -0.375 e. The number of hydrogen-bond donors (Lipinski definition) is 0. The third-order valence-electron chi connectivity index (χ3n) is 5.44. The zero-order valence-electron chi connectivity index (χ0n) is 16.7. The molecule has 1 aliphatic rings. The molecule has 0 fully saturated rings. The van der Waals surface area contributed by atoms with Crippen LogP contribution in [0.25, 0.3) is 0 Å². The van der Waals surface area contributed by atoms with Gasteiger partial charge in [-0.1, -0.05) is 59.6 Å². The van der Waals surface area contributed by atoms with E-state index in [-0.39, 0.29) is 11.9 Å². The van der Waals surface area contributed by atoms with Crippen molar-refractivity contribution >= 4 is 29.1 Å². The Morgan fingerprint density at radius 2 is 1.77 bits per heavy atom. The number of amides is 1. The van der Waals surface area contributed by atoms with Crippen molar-refractivity contribution in [1.82, 2.24) is 4.90 Å². The largest absolute Gasteiger partial charge is 0.375 e. The molecule has 0 saturated carbocycles. The minimum atomic E-state index is -0.102. The molecule has 0 spiro atoms. The molecule has 6 heteroatoms. The summed E-state index contributed by atoms with van der Waals surface area (Å²) in [4.78, 5) is 15.2. The van der Waals surface area contributed by atoms with Crippen molar-refractivity contribution in [2.75, 3.05) is 6.61 Å². The van der Waals surface area contributed by atoms with Gasteiger partial charge in [0, 0.05) is 12.1 Å². The predicted molar refractivity (Wildman–Crippen MR) is 121 cm³/mol. The Bertz CT molecular complexity index is 1140. The number of halogens is 2. The van der Waals surface area contributed by atoms with Crippen LogP contribution in [0.2, 0.25) is 10.0 Å². The molecule has 0 aromatic heterocycles. The summed E-state index contributed by atoms with van der Waals surface area (Å²) in [5, 5.41) is 9.71. The smallest absolute Gasteiger partial charge is 0.254 e. The number of nitrogens with zero attached hydrogens (tertiary/aromatic N) is 2. The number of fused-ring (bicyclic) bond motifs is 1. The highest BCUT2D eigenvalue weighted by molar-refractivity contribution is 6.42. The number of hydrogen-bond acceptors (Lipinski definition) is 3. The van der Waals surface area contributed by atoms with Gasteiger partial charge in [-0.25, -0.2) is 0 Å². The van der Waals surface area contributed by atoms with Gasteiger partial charge >= 0.3 is 0 Å². The lowest BCUT2D eigenvalue weighted by Crippen LogP contribution is -2.46. The van der Waals surface area contributed by atoms with Crippen molar-refractivity contribution in [2.24, 2.45) is 0 Å². The Morgan fingerprint density at radius 1 is 1.03 bits per heavy atom. The molecule has 3 aromatic rings. The molecule has 1 atom stereocenters. The monoisotopic (exact) mass is 450 g/mol. The highest BCUT2D eigenvalue weighted by Gasteiger charge is 2.30. The van der Waals surface area contributed by atoms with E-state index in [2.05, 4.69) is 18.2 Å². The third kappa shape index (κ3) is 4.91. The first kappa shape index (κ1) is 21.4. The van der Waals surface area contributed by atoms with Gasteiger partial charge in [0.2, 0.25) is 0 Å². The molecule has 0 bridgehead atoms. The van der Waals surface area contributed by atoms with Crippen LogP contribution >= 0.6 is 23.2 Å². The van der Waals surface area contributed by atoms with Crippen LogP contribution in [0.1, 0.15) is 32.6 Å². The van der Waals surface area contributed by atoms with Gasteiger partial charge in [-0.05, 0) is 53.4 Å². The summed E-state index contributed by atoms with van der Waals surface area (Å²) in [6.07, 6.45) is 0.719. The lowest BCUT2D eigenvalue weighted by molar-refractivity contribution is 0.0325. The first-order valence-electron chi connectivity index (χ1n) is 9.94. The minimum absolute atomic E-state index is 0.0972. The fourth-order valence-electron chi connectivity index (χ4n) is 3.76. The van der Waals surface area contributed by atoms with Crippen LogP contribution in [0.15, 0.2) is 66.7 Å². The summed E-state index contributed by atoms with van der Waals surface area (Å²) < 4.78 is 5.98. The molecule has 0 aliphatic carbocycles. The second-order valence-corrected chi connectivity index (χ2v) is 8.33. The van der Waals surface area contributed by atoms with Gasteiger partial charge in [-0.2, -0.15) is 5.26 Å². The summed E-state index contributed by atoms with van der Waals surface area (Å²) in [6.45, 7) is 1.33. The molecule has 1 heterocycles. The average molecular weight is 451 g/mol. The molecule has 4 rings (SSSR count). The maximum Gasteiger partial charge on any atom is 0.254 e. The number of nitriles is 1. The van der Waals surface area contributed by atoms with Crippen LogP contribution in [-0.2, 0) is 24.3 Å². The Morgan fingerprint density at radius 3 is 2.48 bits per heavy atom. The Balaban J connectivity index is 1.51. The van der Waals surface area contributed by atoms with Gasteiger partial charge in [0.25, 0.3) is 5.91 Å². The number of carbonyl (C=O) groups is 1. The van der Waals surface area contributed by atoms with Crippen LogP contribution in [0.5, 0.6) is 0 Å². The Labute approximate surface area is 191 Å². The first-order chi connectivity index (χ1) is 15.0. The van der Waals surface area contributed by atoms with E-state index in [0.29, 0.717) is 40.9 Å². The zero-order valence-corrected chi connectivity index (χ0v) is 18.2. The third-order valence-corrected chi connectivity index (χ3v) is 6.18. The lowest BCUT2D eigenvalue weighted by Gasteiger charge is -2.37. The van der Waals surface area contributed by atoms with Crippen LogP contribution in [0, 0.1) is 11.3 Å². The molecule has 0 N–H and O–H groups in total. The second-order valence-electron chi connectivity index (χ2n) is 7.51. The number of carbonyl (C=O) groups excluding carboxylic acids is 1. The van der Waals surface area contributed by atoms with E-state index in [9.17, 15) is 4.79 Å². The highest BCUT2D eigenvalue weighted by atomic mass is 35.5. The number of rotatable bonds is 5. The molecule has 156 valence electrons. The van der Waals surface area contributed by atoms with Crippen molar-refractivity contribution < 1.29 is 9.53 Å². The second kappa shape index (κ2) is 9.53. The SMILES string of the molecule is N#Cc1ccc(COCC2Cc3ccccc3CN2C(=O)c2ccc(Cl)c(Cl)c2)cc1. The maximum absolute atomic E-state index is 13.3. The van der Waals surface area contributed by atoms with Crippen molar-refractivity contribution in [1.29, 1.82) is 5.26 Å². The van der Waals surface area contributed by atoms with Crippen LogP contribution in [-0.4, -0.2) is 23.5 Å². The lowest BCUT2D eigenvalue weighted by atomic mass is 9.93. The van der Waals surface area contributed by atoms with Gasteiger partial charge in [-0.3, -0.25) is 4.79 Å². The molecule has 1 amide bonds. The topological polar surface area (TPSA) is 53.3 Å². The van der Waals surface area contributed by atoms with E-state index in [0.717, 1.165) is 17.5 Å². The summed E-state index contributed by atoms with van der Waals surface area (Å²) in [5.41, 5.74) is 4.47. The standard InChI is InChI=1S/C25H20Cl2N2O2/c26-23-10-9-20(12-24(23)27)25(30)29-14-21-4-2-1-3-19(21)11-22(29)16-31-15-18-7-5-17(13-28)6-8-18/h1-10,12,22H,11,14-16H2. The number of benzene rings is 3. The molecular formula is C25H20Cl2N2O2. The van der Waals surface area contributed by atoms with E-state index < -0.39 is 0 Å². The van der Waals surface area contributed by atoms with Crippen molar-refractivity contribution in [2.45, 2.75) is 25.6 Å². The van der Waals surface area contributed by atoms with E-state index in [1.54, 1.807) is 30.3 Å². The Hall–Kier alpha value is -2.84. The molecule has 4 nitrogen and oxygen atoms in total. The zero-order chi connectivity index (χ0) is 21.8. The van der Waals surface area contributed by atoms with Crippen LogP contribution in [0.4, 0.5) is 0 Å². The molecule has 0 radical (unpaired) electrons. The van der Waals surface area contributed by atoms with E-state index in [4.69, 9.17) is 33.2 Å². The van der Waals surface area contributed by atoms with E-state index >= 15 is 0 Å². The summed E-state index contributed by atoms with van der Waals surface area (Å²) in [7, 11) is 0. The average Bonchev–Trinajstić information content (AvgIpc) is 2.80. The molecule has 0 saturated heterocycles. The summed E-state index contributed by atoms with van der Waals surface area (Å²) in [6, 6.07) is 22.4. The van der Waals surface area contributed by atoms with Gasteiger partial charge < -0.3 is 9.64 Å². The van der Waals surface area contributed by atoms with Gasteiger partial charge in [0.15, 0.2) is 0 Å². The molecule has 31 heavy (non-hydrogen) atoms. The fraction of sp³-hybridized carbons (Fsp3) is 0.200. The van der Waals surface area contributed by atoms with Crippen molar-refractivity contribution in [3.63, 3.8) is 0 Å². The molecule has 1 unspecified atom stereocenters. The first-order valence-corrected chi connectivity index (χ1v) is 10.7. The van der Waals surface area contributed by atoms with Gasteiger partial charge in [0.1, 0.15) is 0 Å². The summed E-state index contributed by atoms with van der Waals surface area (Å²) in [5.74, 6) is -0.0972. The normalized spacial score (nSPS) is 15.3. The van der Waals surface area contributed by atoms with Gasteiger partial charge in [0.05, 0.1) is 40.9 Å². The summed E-state index contributed by atoms with van der Waals surface area (Å²) >= 11 is 12.2. The quantitative estimate of drug-likeness (QED) is 0.504. The molecular weight excluding hydrogens is 431 g/mol. The highest BCUT2D eigenvalue weighted by Crippen LogP contribution is 2.28. The fourth-order valence-corrected chi connectivity index (χ4v) is 4.06. The maximum atomic E-state index is 13.3. The molecule has 3 aromatic carbocycles. The van der Waals surface area contributed by atoms with E-state index in [1.165, 1.54) is 5.56 Å². The van der Waals surface area contributed by atoms with E-state index in [1.807, 2.05) is 29.2 Å². The molecule has 1 aliphatic heterocycles. The van der Waals surface area contributed by atoms with Gasteiger partial charge in [-0.15, -0.1) is 0 Å². The van der Waals surface area contributed by atoms with Crippen molar-refractivity contribution in [3.05, 3.63) is 105 Å². The van der Waals surface area contributed by atoms with Crippen LogP contribution < -0.4 is 0 Å². The predicted octanol–water partition coefficient (Wildman–Crippen LogP) is 5.65. The Kier molecular flexibility index (Phi) is 6.58. The van der Waals surface area contributed by atoms with Crippen LogP contribution in [0.3, 0.4) is 0 Å².